The molecule has 0 aliphatic rings. The highest BCUT2D eigenvalue weighted by Gasteiger charge is 2.08. The van der Waals surface area contributed by atoms with Gasteiger partial charge in [-0.15, -0.1) is 0 Å². The van der Waals surface area contributed by atoms with E-state index in [1.165, 1.54) is 33.4 Å². The maximum Gasteiger partial charge on any atom is -0.00257 e. The first kappa shape index (κ1) is 19.2. The van der Waals surface area contributed by atoms with Crippen LogP contribution < -0.4 is 0 Å². The van der Waals surface area contributed by atoms with Gasteiger partial charge in [0, 0.05) is 0 Å². The van der Waals surface area contributed by atoms with Crippen LogP contribution in [0.1, 0.15) is 69.7 Å². The lowest BCUT2D eigenvalue weighted by Crippen LogP contribution is -2.00. The van der Waals surface area contributed by atoms with Crippen LogP contribution in [0.4, 0.5) is 0 Å². The number of hydrogen-bond acceptors (Lipinski definition) is 0. The van der Waals surface area contributed by atoms with Crippen molar-refractivity contribution in [3.05, 3.63) is 83.4 Å². The van der Waals surface area contributed by atoms with E-state index < -0.39 is 0 Å². The van der Waals surface area contributed by atoms with Crippen molar-refractivity contribution >= 4 is 11.1 Å². The van der Waals surface area contributed by atoms with Crippen LogP contribution in [0.3, 0.4) is 0 Å². The molecule has 25 heavy (non-hydrogen) atoms. The predicted octanol–water partition coefficient (Wildman–Crippen LogP) is 7.52. The van der Waals surface area contributed by atoms with Gasteiger partial charge in [0.15, 0.2) is 0 Å². The second kappa shape index (κ2) is 7.87. The number of allylic oxidation sites excluding steroid dienone is 3. The molecule has 0 N–H and O–H groups in total. The lowest BCUT2D eigenvalue weighted by molar-refractivity contribution is 0.545. The Balaban J connectivity index is 2.09. The van der Waals surface area contributed by atoms with E-state index in [1.54, 1.807) is 0 Å². The lowest BCUT2D eigenvalue weighted by Gasteiger charge is -2.15. The zero-order valence-electron chi connectivity index (χ0n) is 16.7. The van der Waals surface area contributed by atoms with Gasteiger partial charge in [-0.3, -0.25) is 0 Å². The van der Waals surface area contributed by atoms with Crippen molar-refractivity contribution in [3.8, 4) is 0 Å². The van der Waals surface area contributed by atoms with Crippen LogP contribution >= 0.6 is 0 Å². The fourth-order valence-electron chi connectivity index (χ4n) is 3.07. The summed E-state index contributed by atoms with van der Waals surface area (Å²) in [6.45, 7) is 17.6. The summed E-state index contributed by atoms with van der Waals surface area (Å²) in [5, 5.41) is 0. The zero-order chi connectivity index (χ0) is 18.6. The second-order valence-electron chi connectivity index (χ2n) is 8.45. The normalized spacial score (nSPS) is 12.5. The van der Waals surface area contributed by atoms with Crippen molar-refractivity contribution in [2.75, 3.05) is 0 Å². The van der Waals surface area contributed by atoms with E-state index in [1.807, 2.05) is 0 Å². The molecule has 0 saturated heterocycles. The molecule has 0 nitrogen and oxygen atoms in total. The first-order valence-corrected chi connectivity index (χ1v) is 9.22. The maximum atomic E-state index is 4.30. The largest absolute Gasteiger partial charge is 0.0949 e. The van der Waals surface area contributed by atoms with Crippen LogP contribution in [0, 0.1) is 5.41 Å². The fraction of sp³-hybridized carbons (Fsp3) is 0.360. The molecule has 132 valence electrons. The van der Waals surface area contributed by atoms with E-state index in [0.29, 0.717) is 5.92 Å². The highest BCUT2D eigenvalue weighted by molar-refractivity contribution is 5.70. The molecule has 0 aromatic heterocycles. The molecule has 0 atom stereocenters. The Bertz CT molecular complexity index is 732. The fourth-order valence-corrected chi connectivity index (χ4v) is 3.07. The number of hydrogen-bond donors (Lipinski definition) is 0. The molecule has 0 spiro atoms. The van der Waals surface area contributed by atoms with Gasteiger partial charge in [0.25, 0.3) is 0 Å². The summed E-state index contributed by atoms with van der Waals surface area (Å²) in [6, 6.07) is 17.7. The minimum Gasteiger partial charge on any atom is -0.0949 e. The van der Waals surface area contributed by atoms with Gasteiger partial charge in [0.1, 0.15) is 0 Å². The van der Waals surface area contributed by atoms with Gasteiger partial charge in [-0.2, -0.15) is 0 Å². The summed E-state index contributed by atoms with van der Waals surface area (Å²) < 4.78 is 0. The van der Waals surface area contributed by atoms with E-state index in [-0.39, 0.29) is 5.41 Å². The van der Waals surface area contributed by atoms with Crippen molar-refractivity contribution in [1.82, 2.24) is 0 Å². The molecule has 0 saturated carbocycles. The SMILES string of the molecule is C=C(Cc1ccc(C(C)C)cc1)c1ccc(/C(C)=C/C(C)(C)C)cc1. The highest BCUT2D eigenvalue weighted by Crippen LogP contribution is 2.25. The van der Waals surface area contributed by atoms with Crippen molar-refractivity contribution in [2.24, 2.45) is 5.41 Å². The van der Waals surface area contributed by atoms with Crippen molar-refractivity contribution in [2.45, 2.75) is 53.9 Å². The average molecular weight is 333 g/mol. The molecule has 0 aliphatic heterocycles. The van der Waals surface area contributed by atoms with E-state index in [4.69, 9.17) is 0 Å². The quantitative estimate of drug-likeness (QED) is 0.531. The van der Waals surface area contributed by atoms with Gasteiger partial charge >= 0.3 is 0 Å². The molecular formula is C25H32. The van der Waals surface area contributed by atoms with Crippen LogP contribution in [0.5, 0.6) is 0 Å². The topological polar surface area (TPSA) is 0 Å². The summed E-state index contributed by atoms with van der Waals surface area (Å²) in [5.74, 6) is 0.578. The average Bonchev–Trinajstić information content (AvgIpc) is 2.54. The van der Waals surface area contributed by atoms with Gasteiger partial charge in [-0.25, -0.2) is 0 Å². The van der Waals surface area contributed by atoms with Crippen LogP contribution in [-0.4, -0.2) is 0 Å². The molecule has 0 radical (unpaired) electrons. The molecule has 0 unspecified atom stereocenters. The van der Waals surface area contributed by atoms with E-state index >= 15 is 0 Å². The molecule has 2 aromatic carbocycles. The summed E-state index contributed by atoms with van der Waals surface area (Å²) in [6.07, 6.45) is 3.22. The molecule has 2 aromatic rings. The molecule has 0 fully saturated rings. The predicted molar refractivity (Wildman–Crippen MR) is 113 cm³/mol. The van der Waals surface area contributed by atoms with Gasteiger partial charge < -0.3 is 0 Å². The van der Waals surface area contributed by atoms with Crippen molar-refractivity contribution in [3.63, 3.8) is 0 Å². The first-order valence-electron chi connectivity index (χ1n) is 9.22. The first-order chi connectivity index (χ1) is 11.7. The van der Waals surface area contributed by atoms with Gasteiger partial charge in [0.2, 0.25) is 0 Å². The summed E-state index contributed by atoms with van der Waals surface area (Å²) in [7, 11) is 0. The molecular weight excluding hydrogens is 300 g/mol. The number of rotatable bonds is 5. The van der Waals surface area contributed by atoms with E-state index in [0.717, 1.165) is 6.42 Å². The highest BCUT2D eigenvalue weighted by atomic mass is 14.1. The number of benzene rings is 2. The standard InChI is InChI=1S/C25H32/c1-18(2)22-10-8-21(9-11-22)16-19(3)23-12-14-24(15-13-23)20(4)17-25(5,6)7/h8-15,17-18H,3,16H2,1-2,4-7H3/b20-17+. The molecule has 0 amide bonds. The Labute approximate surface area is 154 Å². The zero-order valence-corrected chi connectivity index (χ0v) is 16.7. The van der Waals surface area contributed by atoms with Crippen LogP contribution in [-0.2, 0) is 6.42 Å². The van der Waals surface area contributed by atoms with E-state index in [9.17, 15) is 0 Å². The maximum absolute atomic E-state index is 4.30. The molecule has 2 rings (SSSR count). The van der Waals surface area contributed by atoms with Gasteiger partial charge in [-0.05, 0) is 58.1 Å². The Kier molecular flexibility index (Phi) is 6.06. The monoisotopic (exact) mass is 332 g/mol. The summed E-state index contributed by atoms with van der Waals surface area (Å²) in [5.41, 5.74) is 7.92. The van der Waals surface area contributed by atoms with Crippen LogP contribution in [0.2, 0.25) is 0 Å². The smallest absolute Gasteiger partial charge is 0.00257 e. The molecule has 0 bridgehead atoms. The van der Waals surface area contributed by atoms with Crippen molar-refractivity contribution < 1.29 is 0 Å². The Morgan fingerprint density at radius 2 is 1.44 bits per heavy atom. The van der Waals surface area contributed by atoms with Crippen LogP contribution in [0.15, 0.2) is 61.2 Å². The minimum absolute atomic E-state index is 0.203. The third kappa shape index (κ3) is 5.74. The van der Waals surface area contributed by atoms with Crippen molar-refractivity contribution in [1.29, 1.82) is 0 Å². The van der Waals surface area contributed by atoms with E-state index in [2.05, 4.69) is 103 Å². The molecule has 0 heterocycles. The summed E-state index contributed by atoms with van der Waals surface area (Å²) in [4.78, 5) is 0. The molecule has 0 heteroatoms. The Morgan fingerprint density at radius 1 is 0.920 bits per heavy atom. The molecule has 0 aliphatic carbocycles. The third-order valence-electron chi connectivity index (χ3n) is 4.46. The minimum atomic E-state index is 0.203. The lowest BCUT2D eigenvalue weighted by atomic mass is 9.91. The Hall–Kier alpha value is -2.08. The second-order valence-corrected chi connectivity index (χ2v) is 8.45. The third-order valence-corrected chi connectivity index (χ3v) is 4.46. The van der Waals surface area contributed by atoms with Crippen LogP contribution in [0.25, 0.3) is 11.1 Å². The van der Waals surface area contributed by atoms with Gasteiger partial charge in [0.05, 0.1) is 0 Å². The Morgan fingerprint density at radius 3 is 1.92 bits per heavy atom. The van der Waals surface area contributed by atoms with Gasteiger partial charge in [-0.1, -0.05) is 95.8 Å². The summed E-state index contributed by atoms with van der Waals surface area (Å²) >= 11 is 0.